The van der Waals surface area contributed by atoms with Gasteiger partial charge in [0.2, 0.25) is 0 Å². The van der Waals surface area contributed by atoms with Gasteiger partial charge in [-0.3, -0.25) is 14.4 Å². The van der Waals surface area contributed by atoms with Crippen LogP contribution in [-0.2, 0) is 19.1 Å². The number of hydrogen-bond donors (Lipinski definition) is 0. The highest BCUT2D eigenvalue weighted by Crippen LogP contribution is 2.65. The fourth-order valence-electron chi connectivity index (χ4n) is 7.20. The molecule has 0 amide bonds. The maximum absolute atomic E-state index is 12.7. The van der Waals surface area contributed by atoms with Gasteiger partial charge in [0.15, 0.2) is 5.78 Å². The van der Waals surface area contributed by atoms with Crippen molar-refractivity contribution in [3.05, 3.63) is 11.6 Å². The number of rotatable bonds is 5. The Morgan fingerprint density at radius 3 is 2.66 bits per heavy atom. The van der Waals surface area contributed by atoms with Gasteiger partial charge in [-0.05, 0) is 73.0 Å². The number of ketones is 2. The zero-order valence-corrected chi connectivity index (χ0v) is 18.8. The third-order valence-corrected chi connectivity index (χ3v) is 9.96. The summed E-state index contributed by atoms with van der Waals surface area (Å²) in [4.78, 5) is 36.4. The van der Waals surface area contributed by atoms with Gasteiger partial charge in [0.25, 0.3) is 0 Å². The summed E-state index contributed by atoms with van der Waals surface area (Å²) in [6.45, 7) is 4.62. The summed E-state index contributed by atoms with van der Waals surface area (Å²) in [7, 11) is 1.43. The van der Waals surface area contributed by atoms with Gasteiger partial charge in [-0.25, -0.2) is 0 Å². The van der Waals surface area contributed by atoms with Crippen molar-refractivity contribution in [3.63, 3.8) is 0 Å². The number of fused-ring (bicyclic) bond motifs is 5. The monoisotopic (exact) mass is 418 g/mol. The first-order valence-electron chi connectivity index (χ1n) is 11.2. The highest BCUT2D eigenvalue weighted by atomic mass is 32.2. The summed E-state index contributed by atoms with van der Waals surface area (Å²) in [6, 6.07) is 0. The summed E-state index contributed by atoms with van der Waals surface area (Å²) in [5.41, 5.74) is 1.34. The van der Waals surface area contributed by atoms with Crippen LogP contribution in [0.2, 0.25) is 0 Å². The van der Waals surface area contributed by atoms with Crippen LogP contribution in [0.15, 0.2) is 11.6 Å². The van der Waals surface area contributed by atoms with Gasteiger partial charge >= 0.3 is 5.97 Å². The van der Waals surface area contributed by atoms with E-state index in [1.807, 2.05) is 6.08 Å². The van der Waals surface area contributed by atoms with Crippen LogP contribution in [0.25, 0.3) is 0 Å². The number of allylic oxidation sites excluding steroid dienone is 1. The number of carbonyl (C=O) groups excluding carboxylic acids is 3. The van der Waals surface area contributed by atoms with E-state index >= 15 is 0 Å². The first kappa shape index (κ1) is 21.1. The third kappa shape index (κ3) is 3.51. The van der Waals surface area contributed by atoms with E-state index in [4.69, 9.17) is 4.74 Å². The number of carbonyl (C=O) groups is 3. The standard InChI is InChI=1S/C24H34O4S/c1-23-9-6-16(25)13-20(23)15(14-29-11-8-22(27)28-3)12-17-18-4-5-21(26)24(18,2)10-7-19(17)23/h13,15,17-19H,4-12,14H2,1-3H3. The van der Waals surface area contributed by atoms with Crippen molar-refractivity contribution in [1.82, 2.24) is 0 Å². The van der Waals surface area contributed by atoms with Crippen LogP contribution < -0.4 is 0 Å². The molecule has 5 heteroatoms. The van der Waals surface area contributed by atoms with Crippen molar-refractivity contribution in [2.24, 2.45) is 34.5 Å². The molecule has 0 N–H and O–H groups in total. The molecule has 4 aliphatic rings. The SMILES string of the molecule is COC(=O)CCSCC1CC2C3CCC(=O)C3(C)CCC2C2(C)CCC(=O)C=C12. The molecular formula is C24H34O4S. The molecule has 4 nitrogen and oxygen atoms in total. The van der Waals surface area contributed by atoms with Crippen LogP contribution in [0, 0.1) is 34.5 Å². The fraction of sp³-hybridized carbons (Fsp3) is 0.792. The number of thioether (sulfide) groups is 1. The van der Waals surface area contributed by atoms with Crippen LogP contribution in [-0.4, -0.2) is 36.2 Å². The summed E-state index contributed by atoms with van der Waals surface area (Å²) in [6.07, 6.45) is 9.06. The van der Waals surface area contributed by atoms with Crippen LogP contribution >= 0.6 is 11.8 Å². The Bertz CT molecular complexity index is 743. The summed E-state index contributed by atoms with van der Waals surface area (Å²) >= 11 is 1.80. The molecule has 0 radical (unpaired) electrons. The Hall–Kier alpha value is -1.10. The molecule has 0 aromatic rings. The molecule has 0 bridgehead atoms. The Balaban J connectivity index is 1.57. The van der Waals surface area contributed by atoms with E-state index in [2.05, 4.69) is 13.8 Å². The Morgan fingerprint density at radius 2 is 1.90 bits per heavy atom. The fourth-order valence-corrected chi connectivity index (χ4v) is 8.27. The molecule has 0 aliphatic heterocycles. The minimum Gasteiger partial charge on any atom is -0.469 e. The lowest BCUT2D eigenvalue weighted by atomic mass is 9.46. The minimum absolute atomic E-state index is 0.0946. The summed E-state index contributed by atoms with van der Waals surface area (Å²) in [5, 5.41) is 0. The van der Waals surface area contributed by atoms with E-state index in [9.17, 15) is 14.4 Å². The molecule has 0 saturated heterocycles. The van der Waals surface area contributed by atoms with Crippen molar-refractivity contribution in [3.8, 4) is 0 Å². The molecule has 6 atom stereocenters. The predicted molar refractivity (Wildman–Crippen MR) is 115 cm³/mol. The van der Waals surface area contributed by atoms with E-state index in [1.54, 1.807) is 11.8 Å². The highest BCUT2D eigenvalue weighted by molar-refractivity contribution is 7.99. The zero-order valence-electron chi connectivity index (χ0n) is 18.0. The number of ether oxygens (including phenoxy) is 1. The van der Waals surface area contributed by atoms with E-state index in [0.717, 1.165) is 50.0 Å². The summed E-state index contributed by atoms with van der Waals surface area (Å²) < 4.78 is 4.76. The van der Waals surface area contributed by atoms with E-state index in [-0.39, 0.29) is 22.6 Å². The Kier molecular flexibility index (Phi) is 5.73. The molecule has 3 fully saturated rings. The molecule has 29 heavy (non-hydrogen) atoms. The topological polar surface area (TPSA) is 60.4 Å². The van der Waals surface area contributed by atoms with Crippen LogP contribution in [0.1, 0.15) is 65.2 Å². The predicted octanol–water partition coefficient (Wildman–Crippen LogP) is 4.61. The molecule has 3 saturated carbocycles. The van der Waals surface area contributed by atoms with Crippen LogP contribution in [0.4, 0.5) is 0 Å². The first-order valence-corrected chi connectivity index (χ1v) is 12.4. The second-order valence-electron chi connectivity index (χ2n) is 10.1. The van der Waals surface area contributed by atoms with E-state index in [1.165, 1.54) is 12.7 Å². The normalized spacial score (nSPS) is 41.3. The van der Waals surface area contributed by atoms with Gasteiger partial charge in [0.05, 0.1) is 13.5 Å². The Morgan fingerprint density at radius 1 is 1.14 bits per heavy atom. The lowest BCUT2D eigenvalue weighted by molar-refractivity contribution is -0.140. The molecule has 0 aromatic heterocycles. The lowest BCUT2D eigenvalue weighted by Crippen LogP contribution is -2.53. The van der Waals surface area contributed by atoms with Crippen molar-refractivity contribution in [2.45, 2.75) is 65.2 Å². The van der Waals surface area contributed by atoms with Gasteiger partial charge in [-0.1, -0.05) is 19.4 Å². The number of esters is 1. The average Bonchev–Trinajstić information content (AvgIpc) is 3.01. The molecule has 0 spiro atoms. The maximum atomic E-state index is 12.7. The lowest BCUT2D eigenvalue weighted by Gasteiger charge is -2.59. The number of Topliss-reactive ketones (excluding diaryl/α,β-unsaturated/α-hetero) is 1. The largest absolute Gasteiger partial charge is 0.469 e. The molecule has 6 unspecified atom stereocenters. The average molecular weight is 419 g/mol. The smallest absolute Gasteiger partial charge is 0.306 e. The second kappa shape index (κ2) is 7.86. The first-order chi connectivity index (χ1) is 13.8. The van der Waals surface area contributed by atoms with Crippen molar-refractivity contribution >= 4 is 29.3 Å². The maximum Gasteiger partial charge on any atom is 0.306 e. The van der Waals surface area contributed by atoms with E-state index < -0.39 is 0 Å². The van der Waals surface area contributed by atoms with Gasteiger partial charge in [0.1, 0.15) is 5.78 Å². The van der Waals surface area contributed by atoms with Crippen molar-refractivity contribution in [2.75, 3.05) is 18.6 Å². The van der Waals surface area contributed by atoms with Crippen LogP contribution in [0.3, 0.4) is 0 Å². The van der Waals surface area contributed by atoms with Crippen molar-refractivity contribution < 1.29 is 19.1 Å². The van der Waals surface area contributed by atoms with Gasteiger partial charge in [0, 0.05) is 24.0 Å². The number of hydrogen-bond acceptors (Lipinski definition) is 5. The second-order valence-corrected chi connectivity index (χ2v) is 11.3. The number of methoxy groups -OCH3 is 1. The van der Waals surface area contributed by atoms with Crippen molar-refractivity contribution in [1.29, 1.82) is 0 Å². The molecular weight excluding hydrogens is 384 g/mol. The molecule has 0 aromatic carbocycles. The van der Waals surface area contributed by atoms with Gasteiger partial charge in [-0.15, -0.1) is 0 Å². The van der Waals surface area contributed by atoms with E-state index in [0.29, 0.717) is 42.3 Å². The minimum atomic E-state index is -0.161. The Labute approximate surface area is 178 Å². The molecule has 4 rings (SSSR count). The molecule has 4 aliphatic carbocycles. The third-order valence-electron chi connectivity index (χ3n) is 8.82. The quantitative estimate of drug-likeness (QED) is 0.482. The van der Waals surface area contributed by atoms with Crippen LogP contribution in [0.5, 0.6) is 0 Å². The molecule has 160 valence electrons. The van der Waals surface area contributed by atoms with Gasteiger partial charge in [-0.2, -0.15) is 11.8 Å². The van der Waals surface area contributed by atoms with Gasteiger partial charge < -0.3 is 4.74 Å². The highest BCUT2D eigenvalue weighted by Gasteiger charge is 2.60. The zero-order chi connectivity index (χ0) is 20.8. The molecule has 0 heterocycles. The summed E-state index contributed by atoms with van der Waals surface area (Å²) in [5.74, 6) is 4.38.